The van der Waals surface area contributed by atoms with Gasteiger partial charge in [-0.15, -0.1) is 0 Å². The third-order valence-corrected chi connectivity index (χ3v) is 6.20. The van der Waals surface area contributed by atoms with Crippen LogP contribution in [0, 0.1) is 22.7 Å². The highest BCUT2D eigenvalue weighted by molar-refractivity contribution is 7.89. The Hall–Kier alpha value is -2.42. The molecule has 0 aliphatic carbocycles. The van der Waals surface area contributed by atoms with E-state index in [1.54, 1.807) is 12.1 Å². The first-order chi connectivity index (χ1) is 12.5. The van der Waals surface area contributed by atoms with Crippen molar-refractivity contribution in [2.24, 2.45) is 0 Å². The fourth-order valence-electron chi connectivity index (χ4n) is 2.91. The van der Waals surface area contributed by atoms with Gasteiger partial charge in [-0.2, -0.15) is 14.8 Å². The molecule has 0 atom stereocenters. The molecule has 26 heavy (non-hydrogen) atoms. The van der Waals surface area contributed by atoms with E-state index in [1.165, 1.54) is 21.3 Å². The predicted octanol–water partition coefficient (Wildman–Crippen LogP) is 2.13. The minimum Gasteiger partial charge on any atom is -0.337 e. The molecule has 1 amide bonds. The molecule has 0 unspecified atom stereocenters. The first-order valence-corrected chi connectivity index (χ1v) is 10.1. The molecule has 1 aromatic carbocycles. The van der Waals surface area contributed by atoms with Crippen LogP contribution in [0.25, 0.3) is 0 Å². The lowest BCUT2D eigenvalue weighted by Gasteiger charge is -2.26. The Morgan fingerprint density at radius 3 is 2.27 bits per heavy atom. The molecule has 7 nitrogen and oxygen atoms in total. The molecule has 0 bridgehead atoms. The Balaban J connectivity index is 2.25. The highest BCUT2D eigenvalue weighted by atomic mass is 32.2. The standard InChI is InChI=1S/C18H22N4O3S/c19-9-5-11-21(12-6-10-20)18(23)16-7-4-8-17(15-16)26(24,25)22-13-2-1-3-14-22/h4,7-8,15H,1-3,5-6,11-14H2. The molecule has 1 aliphatic rings. The minimum absolute atomic E-state index is 0.103. The SMILES string of the molecule is N#CCCN(CCC#N)C(=O)c1cccc(S(=O)(=O)N2CCCCC2)c1. The zero-order valence-corrected chi connectivity index (χ0v) is 15.4. The van der Waals surface area contributed by atoms with E-state index >= 15 is 0 Å². The van der Waals surface area contributed by atoms with Gasteiger partial charge in [-0.3, -0.25) is 4.79 Å². The molecule has 0 spiro atoms. The number of hydrogen-bond acceptors (Lipinski definition) is 5. The van der Waals surface area contributed by atoms with Crippen LogP contribution in [-0.4, -0.2) is 49.7 Å². The topological polar surface area (TPSA) is 105 Å². The number of nitriles is 2. The molecule has 0 radical (unpaired) electrons. The van der Waals surface area contributed by atoms with Crippen LogP contribution >= 0.6 is 0 Å². The lowest BCUT2D eigenvalue weighted by Crippen LogP contribution is -2.36. The number of carbonyl (C=O) groups is 1. The highest BCUT2D eigenvalue weighted by Crippen LogP contribution is 2.22. The molecule has 2 rings (SSSR count). The molecule has 138 valence electrons. The van der Waals surface area contributed by atoms with Gasteiger partial charge >= 0.3 is 0 Å². The van der Waals surface area contributed by atoms with E-state index < -0.39 is 10.0 Å². The summed E-state index contributed by atoms with van der Waals surface area (Å²) in [6, 6.07) is 9.95. The van der Waals surface area contributed by atoms with Crippen LogP contribution in [0.15, 0.2) is 29.2 Å². The zero-order valence-electron chi connectivity index (χ0n) is 14.6. The van der Waals surface area contributed by atoms with E-state index in [2.05, 4.69) is 0 Å². The maximum Gasteiger partial charge on any atom is 0.253 e. The van der Waals surface area contributed by atoms with Gasteiger partial charge in [0.15, 0.2) is 0 Å². The summed E-state index contributed by atoms with van der Waals surface area (Å²) >= 11 is 0. The number of hydrogen-bond donors (Lipinski definition) is 0. The third-order valence-electron chi connectivity index (χ3n) is 4.31. The summed E-state index contributed by atoms with van der Waals surface area (Å²) in [6.07, 6.45) is 3.02. The highest BCUT2D eigenvalue weighted by Gasteiger charge is 2.27. The average molecular weight is 374 g/mol. The van der Waals surface area contributed by atoms with Crippen LogP contribution < -0.4 is 0 Å². The average Bonchev–Trinajstić information content (AvgIpc) is 2.68. The number of rotatable bonds is 7. The largest absolute Gasteiger partial charge is 0.337 e. The van der Waals surface area contributed by atoms with Crippen LogP contribution in [0.5, 0.6) is 0 Å². The summed E-state index contributed by atoms with van der Waals surface area (Å²) in [4.78, 5) is 14.2. The summed E-state index contributed by atoms with van der Waals surface area (Å²) in [6.45, 7) is 1.41. The Labute approximate surface area is 154 Å². The Bertz CT molecular complexity index is 800. The predicted molar refractivity (Wildman–Crippen MR) is 95.4 cm³/mol. The van der Waals surface area contributed by atoms with Crippen molar-refractivity contribution in [3.05, 3.63) is 29.8 Å². The molecule has 0 aromatic heterocycles. The van der Waals surface area contributed by atoms with Crippen molar-refractivity contribution in [2.45, 2.75) is 37.0 Å². The summed E-state index contributed by atoms with van der Waals surface area (Å²) < 4.78 is 27.0. The molecule has 1 fully saturated rings. The van der Waals surface area contributed by atoms with Crippen molar-refractivity contribution < 1.29 is 13.2 Å². The number of benzene rings is 1. The fourth-order valence-corrected chi connectivity index (χ4v) is 4.47. The van der Waals surface area contributed by atoms with E-state index in [0.717, 1.165) is 19.3 Å². The summed E-state index contributed by atoms with van der Waals surface area (Å²) in [5.74, 6) is -0.369. The van der Waals surface area contributed by atoms with Crippen LogP contribution in [0.3, 0.4) is 0 Å². The lowest BCUT2D eigenvalue weighted by atomic mass is 10.2. The van der Waals surface area contributed by atoms with Crippen LogP contribution in [0.4, 0.5) is 0 Å². The number of carbonyl (C=O) groups excluding carboxylic acids is 1. The molecular weight excluding hydrogens is 352 g/mol. The van der Waals surface area contributed by atoms with Crippen LogP contribution in [0.1, 0.15) is 42.5 Å². The van der Waals surface area contributed by atoms with Crippen LogP contribution in [0.2, 0.25) is 0 Å². The minimum atomic E-state index is -3.62. The monoisotopic (exact) mass is 374 g/mol. The van der Waals surface area contributed by atoms with E-state index in [4.69, 9.17) is 10.5 Å². The van der Waals surface area contributed by atoms with Gasteiger partial charge in [-0.05, 0) is 31.0 Å². The molecule has 0 saturated carbocycles. The maximum absolute atomic E-state index is 12.8. The van der Waals surface area contributed by atoms with Crippen molar-refractivity contribution in [1.29, 1.82) is 10.5 Å². The van der Waals surface area contributed by atoms with Gasteiger partial charge in [-0.25, -0.2) is 8.42 Å². The first kappa shape index (κ1) is 19.9. The van der Waals surface area contributed by atoms with Gasteiger partial charge in [0.2, 0.25) is 10.0 Å². The molecule has 1 aliphatic heterocycles. The molecule has 1 saturated heterocycles. The third kappa shape index (κ3) is 4.81. The van der Waals surface area contributed by atoms with Gasteiger partial charge in [0.05, 0.1) is 29.9 Å². The summed E-state index contributed by atoms with van der Waals surface area (Å²) in [7, 11) is -3.62. The van der Waals surface area contributed by atoms with Gasteiger partial charge in [-0.1, -0.05) is 12.5 Å². The van der Waals surface area contributed by atoms with E-state index in [1.807, 2.05) is 12.1 Å². The van der Waals surface area contributed by atoms with Gasteiger partial charge < -0.3 is 4.90 Å². The summed E-state index contributed by atoms with van der Waals surface area (Å²) in [5, 5.41) is 17.5. The normalized spacial score (nSPS) is 15.0. The van der Waals surface area contributed by atoms with Crippen molar-refractivity contribution in [2.75, 3.05) is 26.2 Å². The second kappa shape index (κ2) is 9.33. The second-order valence-corrected chi connectivity index (χ2v) is 8.04. The zero-order chi connectivity index (χ0) is 19.0. The number of piperidine rings is 1. The maximum atomic E-state index is 12.8. The molecule has 1 aromatic rings. The molecular formula is C18H22N4O3S. The van der Waals surface area contributed by atoms with Gasteiger partial charge in [0, 0.05) is 31.7 Å². The van der Waals surface area contributed by atoms with Crippen molar-refractivity contribution in [1.82, 2.24) is 9.21 Å². The Morgan fingerprint density at radius 2 is 1.69 bits per heavy atom. The molecule has 0 N–H and O–H groups in total. The Kier molecular flexibility index (Phi) is 7.14. The molecule has 1 heterocycles. The number of amides is 1. The van der Waals surface area contributed by atoms with E-state index in [0.29, 0.717) is 13.1 Å². The van der Waals surface area contributed by atoms with Gasteiger partial charge in [0.1, 0.15) is 0 Å². The van der Waals surface area contributed by atoms with Crippen molar-refractivity contribution >= 4 is 15.9 Å². The number of nitrogens with zero attached hydrogens (tertiary/aromatic N) is 4. The van der Waals surface area contributed by atoms with Gasteiger partial charge in [0.25, 0.3) is 5.91 Å². The first-order valence-electron chi connectivity index (χ1n) is 8.64. The lowest BCUT2D eigenvalue weighted by molar-refractivity contribution is 0.0762. The summed E-state index contributed by atoms with van der Waals surface area (Å²) in [5.41, 5.74) is 0.249. The Morgan fingerprint density at radius 1 is 1.08 bits per heavy atom. The fraction of sp³-hybridized carbons (Fsp3) is 0.500. The quantitative estimate of drug-likeness (QED) is 0.727. The second-order valence-electron chi connectivity index (χ2n) is 6.10. The van der Waals surface area contributed by atoms with Crippen molar-refractivity contribution in [3.63, 3.8) is 0 Å². The smallest absolute Gasteiger partial charge is 0.253 e. The molecule has 8 heteroatoms. The number of sulfonamides is 1. The van der Waals surface area contributed by atoms with Crippen LogP contribution in [-0.2, 0) is 10.0 Å². The van der Waals surface area contributed by atoms with E-state index in [-0.39, 0.29) is 42.3 Å². The van der Waals surface area contributed by atoms with Crippen molar-refractivity contribution in [3.8, 4) is 12.1 Å². The van der Waals surface area contributed by atoms with E-state index in [9.17, 15) is 13.2 Å².